The molecule has 1 amide bonds. The average molecular weight is 314 g/mol. The molecule has 0 saturated carbocycles. The van der Waals surface area contributed by atoms with Gasteiger partial charge in [-0.1, -0.05) is 11.2 Å². The van der Waals surface area contributed by atoms with Crippen LogP contribution in [0.2, 0.25) is 0 Å². The fraction of sp³-hybridized carbons (Fsp3) is 0.471. The number of hydrogen-bond acceptors (Lipinski definition) is 5. The number of nitrogens with zero attached hydrogens (tertiary/aromatic N) is 3. The van der Waals surface area contributed by atoms with Gasteiger partial charge in [-0.15, -0.1) is 0 Å². The first-order valence-corrected chi connectivity index (χ1v) is 8.09. The summed E-state index contributed by atoms with van der Waals surface area (Å²) in [4.78, 5) is 19.2. The summed E-state index contributed by atoms with van der Waals surface area (Å²) in [5, 5.41) is 7.23. The standard InChI is InChI=1S/C17H22N4O2/c1-13-11-16(23-20-13)17(22)21(12-14-5-2-3-9-19-14)15-6-4-8-18-10-7-15/h2-3,5,9,11,15,18H,4,6-8,10,12H2,1H3/t15-/m0/s1. The predicted molar refractivity (Wildman–Crippen MR) is 85.9 cm³/mol. The van der Waals surface area contributed by atoms with Gasteiger partial charge in [-0.25, -0.2) is 0 Å². The highest BCUT2D eigenvalue weighted by Crippen LogP contribution is 2.19. The van der Waals surface area contributed by atoms with Gasteiger partial charge in [-0.05, 0) is 51.4 Å². The molecule has 1 atom stereocenters. The van der Waals surface area contributed by atoms with Gasteiger partial charge in [-0.3, -0.25) is 9.78 Å². The van der Waals surface area contributed by atoms with E-state index in [-0.39, 0.29) is 11.9 Å². The van der Waals surface area contributed by atoms with Gasteiger partial charge in [-0.2, -0.15) is 0 Å². The monoisotopic (exact) mass is 314 g/mol. The van der Waals surface area contributed by atoms with Gasteiger partial charge in [0.15, 0.2) is 0 Å². The second-order valence-electron chi connectivity index (χ2n) is 5.92. The molecule has 6 heteroatoms. The zero-order valence-corrected chi connectivity index (χ0v) is 13.4. The molecule has 0 aliphatic carbocycles. The molecule has 0 unspecified atom stereocenters. The van der Waals surface area contributed by atoms with Crippen molar-refractivity contribution >= 4 is 5.91 Å². The van der Waals surface area contributed by atoms with Crippen LogP contribution in [-0.4, -0.2) is 40.1 Å². The van der Waals surface area contributed by atoms with E-state index in [0.29, 0.717) is 18.0 Å². The summed E-state index contributed by atoms with van der Waals surface area (Å²) in [6, 6.07) is 7.65. The molecule has 6 nitrogen and oxygen atoms in total. The molecule has 2 aromatic rings. The molecule has 1 aliphatic rings. The Morgan fingerprint density at radius 1 is 1.39 bits per heavy atom. The Kier molecular flexibility index (Phi) is 5.02. The van der Waals surface area contributed by atoms with Crippen LogP contribution >= 0.6 is 0 Å². The van der Waals surface area contributed by atoms with Crippen LogP contribution < -0.4 is 5.32 Å². The molecule has 1 aliphatic heterocycles. The molecular formula is C17H22N4O2. The number of pyridine rings is 1. The molecule has 0 aromatic carbocycles. The molecule has 0 radical (unpaired) electrons. The topological polar surface area (TPSA) is 71.3 Å². The molecular weight excluding hydrogens is 292 g/mol. The van der Waals surface area contributed by atoms with Crippen molar-refractivity contribution in [1.82, 2.24) is 20.4 Å². The smallest absolute Gasteiger partial charge is 0.293 e. The number of aromatic nitrogens is 2. The molecule has 1 saturated heterocycles. The number of nitrogens with one attached hydrogen (secondary N) is 1. The minimum absolute atomic E-state index is 0.108. The third-order valence-electron chi connectivity index (χ3n) is 4.14. The second kappa shape index (κ2) is 7.37. The number of hydrogen-bond donors (Lipinski definition) is 1. The summed E-state index contributed by atoms with van der Waals surface area (Å²) in [7, 11) is 0. The average Bonchev–Trinajstić information content (AvgIpc) is 2.84. The third kappa shape index (κ3) is 3.96. The number of rotatable bonds is 4. The summed E-state index contributed by atoms with van der Waals surface area (Å²) in [5.74, 6) is 0.193. The van der Waals surface area contributed by atoms with Gasteiger partial charge in [0.25, 0.3) is 5.91 Å². The lowest BCUT2D eigenvalue weighted by Crippen LogP contribution is -2.40. The number of amides is 1. The third-order valence-corrected chi connectivity index (χ3v) is 4.14. The van der Waals surface area contributed by atoms with Gasteiger partial charge in [0, 0.05) is 18.3 Å². The normalized spacial score (nSPS) is 18.4. The highest BCUT2D eigenvalue weighted by atomic mass is 16.5. The second-order valence-corrected chi connectivity index (χ2v) is 5.92. The predicted octanol–water partition coefficient (Wildman–Crippen LogP) is 2.16. The van der Waals surface area contributed by atoms with E-state index in [1.165, 1.54) is 0 Å². The van der Waals surface area contributed by atoms with E-state index >= 15 is 0 Å². The van der Waals surface area contributed by atoms with Crippen LogP contribution in [0.3, 0.4) is 0 Å². The lowest BCUT2D eigenvalue weighted by Gasteiger charge is -2.30. The number of carbonyl (C=O) groups excluding carboxylic acids is 1. The summed E-state index contributed by atoms with van der Waals surface area (Å²) in [6.07, 6.45) is 4.74. The Bertz CT molecular complexity index is 633. The van der Waals surface area contributed by atoms with Crippen molar-refractivity contribution in [3.63, 3.8) is 0 Å². The van der Waals surface area contributed by atoms with Crippen LogP contribution in [0.1, 0.15) is 41.2 Å². The minimum atomic E-state index is -0.108. The van der Waals surface area contributed by atoms with E-state index in [4.69, 9.17) is 4.52 Å². The molecule has 23 heavy (non-hydrogen) atoms. The van der Waals surface area contributed by atoms with Crippen LogP contribution in [0.5, 0.6) is 0 Å². The minimum Gasteiger partial charge on any atom is -0.351 e. The van der Waals surface area contributed by atoms with Crippen molar-refractivity contribution < 1.29 is 9.32 Å². The van der Waals surface area contributed by atoms with E-state index in [1.807, 2.05) is 30.0 Å². The molecule has 3 heterocycles. The molecule has 1 N–H and O–H groups in total. The quantitative estimate of drug-likeness (QED) is 0.936. The Balaban J connectivity index is 1.84. The van der Waals surface area contributed by atoms with E-state index in [0.717, 1.165) is 38.0 Å². The van der Waals surface area contributed by atoms with Crippen LogP contribution in [-0.2, 0) is 6.54 Å². The molecule has 0 bridgehead atoms. The first kappa shape index (κ1) is 15.7. The molecule has 1 fully saturated rings. The van der Waals surface area contributed by atoms with Gasteiger partial charge >= 0.3 is 0 Å². The number of carbonyl (C=O) groups is 1. The fourth-order valence-corrected chi connectivity index (χ4v) is 2.95. The van der Waals surface area contributed by atoms with Crippen molar-refractivity contribution in [3.05, 3.63) is 47.6 Å². The van der Waals surface area contributed by atoms with Crippen LogP contribution in [0, 0.1) is 6.92 Å². The SMILES string of the molecule is Cc1cc(C(=O)N(Cc2ccccn2)[C@H]2CCCNCC2)on1. The van der Waals surface area contributed by atoms with Crippen LogP contribution in [0.4, 0.5) is 0 Å². The van der Waals surface area contributed by atoms with E-state index in [9.17, 15) is 4.79 Å². The van der Waals surface area contributed by atoms with E-state index < -0.39 is 0 Å². The first-order valence-electron chi connectivity index (χ1n) is 8.09. The summed E-state index contributed by atoms with van der Waals surface area (Å²) in [5.41, 5.74) is 1.60. The van der Waals surface area contributed by atoms with Crippen molar-refractivity contribution in [2.45, 2.75) is 38.8 Å². The maximum atomic E-state index is 12.9. The van der Waals surface area contributed by atoms with E-state index in [1.54, 1.807) is 12.3 Å². The molecule has 122 valence electrons. The summed E-state index contributed by atoms with van der Waals surface area (Å²) < 4.78 is 5.19. The maximum Gasteiger partial charge on any atom is 0.293 e. The highest BCUT2D eigenvalue weighted by molar-refractivity contribution is 5.91. The van der Waals surface area contributed by atoms with Crippen molar-refractivity contribution in [2.24, 2.45) is 0 Å². The zero-order chi connectivity index (χ0) is 16.1. The first-order chi connectivity index (χ1) is 11.2. The van der Waals surface area contributed by atoms with Crippen molar-refractivity contribution in [3.8, 4) is 0 Å². The Labute approximate surface area is 135 Å². The zero-order valence-electron chi connectivity index (χ0n) is 13.4. The molecule has 2 aromatic heterocycles. The van der Waals surface area contributed by atoms with Gasteiger partial charge in [0.05, 0.1) is 17.9 Å². The van der Waals surface area contributed by atoms with E-state index in [2.05, 4.69) is 15.5 Å². The number of aryl methyl sites for hydroxylation is 1. The summed E-state index contributed by atoms with van der Waals surface area (Å²) in [6.45, 7) is 4.23. The van der Waals surface area contributed by atoms with Gasteiger partial charge < -0.3 is 14.7 Å². The molecule has 3 rings (SSSR count). The Morgan fingerprint density at radius 2 is 2.30 bits per heavy atom. The Morgan fingerprint density at radius 3 is 3.04 bits per heavy atom. The summed E-state index contributed by atoms with van der Waals surface area (Å²) >= 11 is 0. The lowest BCUT2D eigenvalue weighted by atomic mass is 10.1. The van der Waals surface area contributed by atoms with Crippen molar-refractivity contribution in [2.75, 3.05) is 13.1 Å². The lowest BCUT2D eigenvalue weighted by molar-refractivity contribution is 0.0599. The Hall–Kier alpha value is -2.21. The van der Waals surface area contributed by atoms with Crippen molar-refractivity contribution in [1.29, 1.82) is 0 Å². The van der Waals surface area contributed by atoms with Gasteiger partial charge in [0.1, 0.15) is 0 Å². The largest absolute Gasteiger partial charge is 0.351 e. The van der Waals surface area contributed by atoms with Crippen LogP contribution in [0.15, 0.2) is 35.0 Å². The molecule has 0 spiro atoms. The highest BCUT2D eigenvalue weighted by Gasteiger charge is 2.28. The van der Waals surface area contributed by atoms with Gasteiger partial charge in [0.2, 0.25) is 5.76 Å². The fourth-order valence-electron chi connectivity index (χ4n) is 2.95. The maximum absolute atomic E-state index is 12.9. The van der Waals surface area contributed by atoms with Crippen LogP contribution in [0.25, 0.3) is 0 Å².